The highest BCUT2D eigenvalue weighted by atomic mass is 35.5. The lowest BCUT2D eigenvalue weighted by Gasteiger charge is -2.08. The fourth-order valence-corrected chi connectivity index (χ4v) is 2.54. The Labute approximate surface area is 114 Å². The summed E-state index contributed by atoms with van der Waals surface area (Å²) in [6.07, 6.45) is 1.36. The number of nitrogens with two attached hydrogens (primary N) is 1. The van der Waals surface area contributed by atoms with Crippen LogP contribution in [0.3, 0.4) is 0 Å². The number of hydrogen-bond acceptors (Lipinski definition) is 4. The molecule has 0 aliphatic rings. The van der Waals surface area contributed by atoms with Crippen LogP contribution in [0.2, 0.25) is 5.02 Å². The van der Waals surface area contributed by atoms with Gasteiger partial charge in [0, 0.05) is 17.3 Å². The number of pyridine rings is 1. The van der Waals surface area contributed by atoms with Crippen LogP contribution < -0.4 is 10.5 Å². The van der Waals surface area contributed by atoms with Crippen molar-refractivity contribution in [1.29, 1.82) is 0 Å². The zero-order valence-electron chi connectivity index (χ0n) is 9.47. The first-order chi connectivity index (χ1) is 8.88. The van der Waals surface area contributed by atoms with Crippen molar-refractivity contribution in [3.8, 4) is 0 Å². The van der Waals surface area contributed by atoms with Crippen molar-refractivity contribution in [2.45, 2.75) is 4.90 Å². The monoisotopic (exact) mass is 301 g/mol. The average Bonchev–Trinajstić information content (AvgIpc) is 2.32. The van der Waals surface area contributed by atoms with Crippen LogP contribution in [-0.2, 0) is 10.0 Å². The predicted octanol–water partition coefficient (Wildman–Crippen LogP) is 2.26. The molecule has 0 saturated carbocycles. The Morgan fingerprint density at radius 2 is 2.00 bits per heavy atom. The molecule has 1 heterocycles. The summed E-state index contributed by atoms with van der Waals surface area (Å²) in [5, 5.41) is 0.339. The van der Waals surface area contributed by atoms with E-state index in [1.165, 1.54) is 18.3 Å². The molecule has 0 amide bonds. The molecule has 0 spiro atoms. The summed E-state index contributed by atoms with van der Waals surface area (Å²) in [4.78, 5) is 3.65. The summed E-state index contributed by atoms with van der Waals surface area (Å²) >= 11 is 5.72. The molecule has 3 N–H and O–H groups in total. The summed E-state index contributed by atoms with van der Waals surface area (Å²) in [5.41, 5.74) is 5.08. The van der Waals surface area contributed by atoms with Crippen molar-refractivity contribution in [3.05, 3.63) is 47.4 Å². The molecule has 100 valence electrons. The second-order valence-corrected chi connectivity index (χ2v) is 5.77. The molecule has 0 bridgehead atoms. The maximum absolute atomic E-state index is 13.0. The third-order valence-corrected chi connectivity index (χ3v) is 3.83. The van der Waals surface area contributed by atoms with Gasteiger partial charge in [0.1, 0.15) is 11.6 Å². The zero-order chi connectivity index (χ0) is 14.0. The second kappa shape index (κ2) is 5.02. The van der Waals surface area contributed by atoms with Crippen molar-refractivity contribution < 1.29 is 12.8 Å². The third kappa shape index (κ3) is 3.12. The number of aromatic nitrogens is 1. The summed E-state index contributed by atoms with van der Waals surface area (Å²) in [5.74, 6) is -0.616. The lowest BCUT2D eigenvalue weighted by atomic mass is 10.3. The summed E-state index contributed by atoms with van der Waals surface area (Å²) in [6.45, 7) is 0. The van der Waals surface area contributed by atoms with Crippen molar-refractivity contribution in [2.24, 2.45) is 0 Å². The van der Waals surface area contributed by atoms with Crippen LogP contribution in [0.1, 0.15) is 0 Å². The number of nitrogen functional groups attached to an aromatic ring is 1. The Hall–Kier alpha value is -1.86. The standard InChI is InChI=1S/C11H9ClFN3O2S/c12-7-3-4-15-11(5-7)16-19(17,18)8-1-2-9(13)10(14)6-8/h1-6H,14H2,(H,15,16). The molecule has 0 saturated heterocycles. The molecule has 8 heteroatoms. The van der Waals surface area contributed by atoms with Gasteiger partial charge in [0.2, 0.25) is 0 Å². The van der Waals surface area contributed by atoms with Crippen LogP contribution in [0.5, 0.6) is 0 Å². The molecular weight excluding hydrogens is 293 g/mol. The molecule has 5 nitrogen and oxygen atoms in total. The molecule has 2 aromatic rings. The minimum atomic E-state index is -3.89. The van der Waals surface area contributed by atoms with Gasteiger partial charge in [-0.1, -0.05) is 11.6 Å². The number of benzene rings is 1. The van der Waals surface area contributed by atoms with Gasteiger partial charge in [-0.25, -0.2) is 17.8 Å². The fourth-order valence-electron chi connectivity index (χ4n) is 1.35. The topological polar surface area (TPSA) is 85.1 Å². The first kappa shape index (κ1) is 13.6. The van der Waals surface area contributed by atoms with E-state index in [2.05, 4.69) is 9.71 Å². The minimum absolute atomic E-state index is 0.0652. The van der Waals surface area contributed by atoms with Gasteiger partial charge in [-0.3, -0.25) is 4.72 Å². The molecule has 19 heavy (non-hydrogen) atoms. The van der Waals surface area contributed by atoms with Crippen LogP contribution >= 0.6 is 11.6 Å². The number of halogens is 2. The molecular formula is C11H9ClFN3O2S. The highest BCUT2D eigenvalue weighted by Crippen LogP contribution is 2.20. The van der Waals surface area contributed by atoms with E-state index in [1.54, 1.807) is 0 Å². The van der Waals surface area contributed by atoms with E-state index in [0.29, 0.717) is 5.02 Å². The maximum Gasteiger partial charge on any atom is 0.263 e. The van der Waals surface area contributed by atoms with E-state index in [4.69, 9.17) is 17.3 Å². The second-order valence-electron chi connectivity index (χ2n) is 3.65. The maximum atomic E-state index is 13.0. The Morgan fingerprint density at radius 3 is 2.63 bits per heavy atom. The molecule has 0 radical (unpaired) electrons. The van der Waals surface area contributed by atoms with Gasteiger partial charge in [0.25, 0.3) is 10.0 Å². The largest absolute Gasteiger partial charge is 0.396 e. The van der Waals surface area contributed by atoms with Gasteiger partial charge >= 0.3 is 0 Å². The van der Waals surface area contributed by atoms with Crippen molar-refractivity contribution >= 4 is 33.1 Å². The SMILES string of the molecule is Nc1cc(S(=O)(=O)Nc2cc(Cl)ccn2)ccc1F. The van der Waals surface area contributed by atoms with E-state index in [1.807, 2.05) is 0 Å². The number of hydrogen-bond donors (Lipinski definition) is 2. The summed E-state index contributed by atoms with van der Waals surface area (Å²) in [7, 11) is -3.89. The van der Waals surface area contributed by atoms with Gasteiger partial charge in [0.05, 0.1) is 10.6 Å². The number of nitrogens with zero attached hydrogens (tertiary/aromatic N) is 1. The number of anilines is 2. The first-order valence-electron chi connectivity index (χ1n) is 5.08. The van der Waals surface area contributed by atoms with Crippen LogP contribution in [-0.4, -0.2) is 13.4 Å². The summed E-state index contributed by atoms with van der Waals surface area (Å²) in [6, 6.07) is 5.98. The first-order valence-corrected chi connectivity index (χ1v) is 6.94. The quantitative estimate of drug-likeness (QED) is 0.852. The van der Waals surface area contributed by atoms with Crippen LogP contribution in [0.15, 0.2) is 41.4 Å². The summed E-state index contributed by atoms with van der Waals surface area (Å²) < 4.78 is 39.2. The third-order valence-electron chi connectivity index (χ3n) is 2.24. The molecule has 1 aromatic carbocycles. The van der Waals surface area contributed by atoms with Crippen LogP contribution in [0, 0.1) is 5.82 Å². The molecule has 0 aliphatic carbocycles. The van der Waals surface area contributed by atoms with Gasteiger partial charge in [-0.15, -0.1) is 0 Å². The predicted molar refractivity (Wildman–Crippen MR) is 70.9 cm³/mol. The highest BCUT2D eigenvalue weighted by molar-refractivity contribution is 7.92. The molecule has 2 rings (SSSR count). The van der Waals surface area contributed by atoms with Crippen LogP contribution in [0.25, 0.3) is 0 Å². The minimum Gasteiger partial charge on any atom is -0.396 e. The average molecular weight is 302 g/mol. The van der Waals surface area contributed by atoms with Gasteiger partial charge < -0.3 is 5.73 Å². The number of sulfonamides is 1. The number of nitrogens with one attached hydrogen (secondary N) is 1. The van der Waals surface area contributed by atoms with Crippen molar-refractivity contribution in [1.82, 2.24) is 4.98 Å². The number of rotatable bonds is 3. The molecule has 0 unspecified atom stereocenters. The molecule has 0 atom stereocenters. The molecule has 1 aromatic heterocycles. The van der Waals surface area contributed by atoms with E-state index >= 15 is 0 Å². The zero-order valence-corrected chi connectivity index (χ0v) is 11.0. The lowest BCUT2D eigenvalue weighted by molar-refractivity contribution is 0.600. The fraction of sp³-hybridized carbons (Fsp3) is 0. The van der Waals surface area contributed by atoms with E-state index < -0.39 is 15.8 Å². The smallest absolute Gasteiger partial charge is 0.263 e. The normalized spacial score (nSPS) is 11.3. The lowest BCUT2D eigenvalue weighted by Crippen LogP contribution is -2.14. The van der Waals surface area contributed by atoms with Crippen LogP contribution in [0.4, 0.5) is 15.9 Å². The Morgan fingerprint density at radius 1 is 1.26 bits per heavy atom. The van der Waals surface area contributed by atoms with E-state index in [9.17, 15) is 12.8 Å². The van der Waals surface area contributed by atoms with Crippen molar-refractivity contribution in [2.75, 3.05) is 10.5 Å². The Bertz CT molecular complexity index is 722. The van der Waals surface area contributed by atoms with Gasteiger partial charge in [-0.05, 0) is 24.3 Å². The van der Waals surface area contributed by atoms with Crippen molar-refractivity contribution in [3.63, 3.8) is 0 Å². The van der Waals surface area contributed by atoms with Gasteiger partial charge in [-0.2, -0.15) is 0 Å². The Balaban J connectivity index is 2.35. The van der Waals surface area contributed by atoms with E-state index in [-0.39, 0.29) is 16.4 Å². The highest BCUT2D eigenvalue weighted by Gasteiger charge is 2.16. The molecule has 0 aliphatic heterocycles. The Kier molecular flexibility index (Phi) is 3.59. The van der Waals surface area contributed by atoms with Gasteiger partial charge in [0.15, 0.2) is 0 Å². The molecule has 0 fully saturated rings. The van der Waals surface area contributed by atoms with E-state index in [0.717, 1.165) is 18.2 Å².